The lowest BCUT2D eigenvalue weighted by Crippen LogP contribution is -2.31. The molecule has 1 saturated heterocycles. The van der Waals surface area contributed by atoms with Crippen molar-refractivity contribution < 1.29 is 24.2 Å². The molecule has 2 atom stereocenters. The average Bonchev–Trinajstić information content (AvgIpc) is 3.61. The fourth-order valence-corrected chi connectivity index (χ4v) is 4.99. The van der Waals surface area contributed by atoms with Gasteiger partial charge in [0, 0.05) is 37.5 Å². The van der Waals surface area contributed by atoms with Crippen LogP contribution in [0.4, 0.5) is 0 Å². The lowest BCUT2D eigenvalue weighted by Gasteiger charge is -2.25. The number of amides is 1. The Kier molecular flexibility index (Phi) is 6.99. The van der Waals surface area contributed by atoms with Gasteiger partial charge in [-0.25, -0.2) is 4.98 Å². The van der Waals surface area contributed by atoms with Crippen molar-refractivity contribution in [3.8, 4) is 11.5 Å². The van der Waals surface area contributed by atoms with Gasteiger partial charge in [0.15, 0.2) is 0 Å². The Labute approximate surface area is 216 Å². The Morgan fingerprint density at radius 1 is 1.16 bits per heavy atom. The van der Waals surface area contributed by atoms with Crippen LogP contribution in [-0.4, -0.2) is 50.5 Å². The molecule has 8 heteroatoms. The molecule has 3 aromatic rings. The molecule has 0 spiro atoms. The topological polar surface area (TPSA) is 93.9 Å². The normalized spacial score (nSPS) is 20.2. The van der Waals surface area contributed by atoms with Crippen LogP contribution in [0, 0.1) is 0 Å². The van der Waals surface area contributed by atoms with E-state index in [1.807, 2.05) is 61.0 Å². The van der Waals surface area contributed by atoms with E-state index in [0.29, 0.717) is 31.7 Å². The van der Waals surface area contributed by atoms with Crippen molar-refractivity contribution in [2.24, 2.45) is 0 Å². The Balaban J connectivity index is 1.50. The number of ketones is 1. The molecule has 2 aliphatic heterocycles. The number of rotatable bonds is 9. The van der Waals surface area contributed by atoms with E-state index >= 15 is 0 Å². The molecule has 1 N–H and O–H groups in total. The zero-order valence-corrected chi connectivity index (χ0v) is 21.1. The lowest BCUT2D eigenvalue weighted by molar-refractivity contribution is -0.139. The summed E-state index contributed by atoms with van der Waals surface area (Å²) in [7, 11) is 0. The number of carbonyl (C=O) groups excluding carboxylic acids is 2. The van der Waals surface area contributed by atoms with Gasteiger partial charge in [0.25, 0.3) is 11.7 Å². The smallest absolute Gasteiger partial charge is 0.295 e. The van der Waals surface area contributed by atoms with Gasteiger partial charge in [-0.2, -0.15) is 0 Å². The Hall–Kier alpha value is -4.07. The second-order valence-electron chi connectivity index (χ2n) is 9.52. The van der Waals surface area contributed by atoms with Gasteiger partial charge in [0.1, 0.15) is 23.4 Å². The van der Waals surface area contributed by atoms with E-state index in [-0.39, 0.29) is 17.4 Å². The van der Waals surface area contributed by atoms with Gasteiger partial charge in [-0.1, -0.05) is 19.1 Å². The minimum absolute atomic E-state index is 0.0573. The monoisotopic (exact) mass is 501 g/mol. The Morgan fingerprint density at radius 3 is 2.70 bits per heavy atom. The Morgan fingerprint density at radius 2 is 1.97 bits per heavy atom. The van der Waals surface area contributed by atoms with Gasteiger partial charge in [-0.05, 0) is 61.2 Å². The zero-order chi connectivity index (χ0) is 25.9. The van der Waals surface area contributed by atoms with Crippen LogP contribution in [0.3, 0.4) is 0 Å². The third-order valence-electron chi connectivity index (χ3n) is 6.75. The molecule has 0 saturated carbocycles. The van der Waals surface area contributed by atoms with Crippen molar-refractivity contribution in [2.45, 2.75) is 51.8 Å². The summed E-state index contributed by atoms with van der Waals surface area (Å²) in [6.07, 6.45) is 7.59. The maximum Gasteiger partial charge on any atom is 0.295 e. The maximum atomic E-state index is 13.3. The van der Waals surface area contributed by atoms with Crippen LogP contribution >= 0.6 is 0 Å². The molecule has 3 heterocycles. The first-order valence-electron chi connectivity index (χ1n) is 12.7. The summed E-state index contributed by atoms with van der Waals surface area (Å²) in [6.45, 7) is 5.64. The summed E-state index contributed by atoms with van der Waals surface area (Å²) in [6, 6.07) is 12.1. The predicted molar refractivity (Wildman–Crippen MR) is 138 cm³/mol. The van der Waals surface area contributed by atoms with Crippen molar-refractivity contribution in [2.75, 3.05) is 13.2 Å². The number of hydrogen-bond donors (Lipinski definition) is 1. The molecule has 0 aliphatic carbocycles. The van der Waals surface area contributed by atoms with Gasteiger partial charge in [0.2, 0.25) is 0 Å². The molecule has 2 aliphatic rings. The summed E-state index contributed by atoms with van der Waals surface area (Å²) >= 11 is 0. The lowest BCUT2D eigenvalue weighted by atomic mass is 9.94. The average molecular weight is 502 g/mol. The van der Waals surface area contributed by atoms with E-state index in [0.717, 1.165) is 35.5 Å². The number of hydrogen-bond acceptors (Lipinski definition) is 6. The number of nitrogens with zero attached hydrogens (tertiary/aromatic N) is 3. The van der Waals surface area contributed by atoms with Gasteiger partial charge in [-0.3, -0.25) is 9.59 Å². The highest BCUT2D eigenvalue weighted by Gasteiger charge is 2.45. The minimum atomic E-state index is -0.702. The highest BCUT2D eigenvalue weighted by atomic mass is 16.5. The summed E-state index contributed by atoms with van der Waals surface area (Å²) in [5.74, 6) is 0.0379. The summed E-state index contributed by atoms with van der Waals surface area (Å²) in [5.41, 5.74) is 2.31. The van der Waals surface area contributed by atoms with Crippen molar-refractivity contribution in [3.63, 3.8) is 0 Å². The van der Waals surface area contributed by atoms with Crippen LogP contribution in [0.25, 0.3) is 5.76 Å². The van der Waals surface area contributed by atoms with E-state index in [9.17, 15) is 14.7 Å². The largest absolute Gasteiger partial charge is 0.507 e. The highest BCUT2D eigenvalue weighted by Crippen LogP contribution is 2.41. The number of benzene rings is 2. The number of aliphatic hydroxyl groups excluding tert-OH is 1. The van der Waals surface area contributed by atoms with Gasteiger partial charge < -0.3 is 24.0 Å². The molecule has 0 radical (unpaired) electrons. The molecular formula is C29H31N3O5. The molecule has 192 valence electrons. The van der Waals surface area contributed by atoms with Crippen LogP contribution in [-0.2, 0) is 22.6 Å². The van der Waals surface area contributed by atoms with Crippen molar-refractivity contribution >= 4 is 17.4 Å². The SMILES string of the molecule is CCCOc1ccc(C2/C(=C(/O)c3ccc4c(c3)CC(C)O4)C(=O)C(=O)N2CCCn2ccnc2)cc1. The number of aromatic nitrogens is 2. The van der Waals surface area contributed by atoms with Gasteiger partial charge in [-0.15, -0.1) is 0 Å². The number of aryl methyl sites for hydroxylation is 1. The van der Waals surface area contributed by atoms with Crippen LogP contribution in [0.5, 0.6) is 11.5 Å². The van der Waals surface area contributed by atoms with E-state index in [4.69, 9.17) is 9.47 Å². The summed E-state index contributed by atoms with van der Waals surface area (Å²) in [4.78, 5) is 32.2. The number of fused-ring (bicyclic) bond motifs is 1. The molecule has 1 aromatic heterocycles. The number of likely N-dealkylation sites (tertiary alicyclic amines) is 1. The van der Waals surface area contributed by atoms with E-state index < -0.39 is 17.7 Å². The molecule has 37 heavy (non-hydrogen) atoms. The number of imidazole rings is 1. The Bertz CT molecular complexity index is 1310. The predicted octanol–water partition coefficient (Wildman–Crippen LogP) is 4.51. The number of ether oxygens (including phenoxy) is 2. The molecule has 1 amide bonds. The fourth-order valence-electron chi connectivity index (χ4n) is 4.99. The van der Waals surface area contributed by atoms with Crippen molar-refractivity contribution in [1.82, 2.24) is 14.5 Å². The first-order valence-corrected chi connectivity index (χ1v) is 12.7. The summed E-state index contributed by atoms with van der Waals surface area (Å²) in [5, 5.41) is 11.4. The van der Waals surface area contributed by atoms with Gasteiger partial charge >= 0.3 is 0 Å². The highest BCUT2D eigenvalue weighted by molar-refractivity contribution is 6.46. The zero-order valence-electron chi connectivity index (χ0n) is 21.1. The second kappa shape index (κ2) is 10.5. The third kappa shape index (κ3) is 4.96. The standard InChI is InChI=1S/C29H31N3O5/c1-3-15-36-23-8-5-20(6-9-23)26-25(27(33)21-7-10-24-22(17-21)16-19(2)37-24)28(34)29(35)32(26)13-4-12-31-14-11-30-18-31/h5-11,14,17-19,26,33H,3-4,12-13,15-16H2,1-2H3/b27-25-. The van der Waals surface area contributed by atoms with Crippen molar-refractivity contribution in [3.05, 3.63) is 83.4 Å². The van der Waals surface area contributed by atoms with Crippen LogP contribution in [0.15, 0.2) is 66.8 Å². The number of Topliss-reactive ketones (excluding diaryl/α,β-unsaturated/α-hetero) is 1. The first kappa shape index (κ1) is 24.6. The van der Waals surface area contributed by atoms with E-state index in [1.165, 1.54) is 0 Å². The molecule has 2 aromatic carbocycles. The maximum absolute atomic E-state index is 13.3. The molecule has 5 rings (SSSR count). The molecule has 2 unspecified atom stereocenters. The van der Waals surface area contributed by atoms with E-state index in [2.05, 4.69) is 4.98 Å². The molecule has 8 nitrogen and oxygen atoms in total. The molecule has 1 fully saturated rings. The molecule has 0 bridgehead atoms. The summed E-state index contributed by atoms with van der Waals surface area (Å²) < 4.78 is 13.4. The van der Waals surface area contributed by atoms with Crippen molar-refractivity contribution in [1.29, 1.82) is 0 Å². The molecular weight excluding hydrogens is 470 g/mol. The van der Waals surface area contributed by atoms with Crippen LogP contribution in [0.2, 0.25) is 0 Å². The third-order valence-corrected chi connectivity index (χ3v) is 6.75. The second-order valence-corrected chi connectivity index (χ2v) is 9.52. The fraction of sp³-hybridized carbons (Fsp3) is 0.345. The van der Waals surface area contributed by atoms with E-state index in [1.54, 1.807) is 23.5 Å². The first-order chi connectivity index (χ1) is 18.0. The van der Waals surface area contributed by atoms with Crippen LogP contribution in [0.1, 0.15) is 49.4 Å². The number of aliphatic hydroxyl groups is 1. The van der Waals surface area contributed by atoms with Crippen LogP contribution < -0.4 is 9.47 Å². The van der Waals surface area contributed by atoms with Gasteiger partial charge in [0.05, 0.1) is 24.5 Å². The number of carbonyl (C=O) groups is 2. The quantitative estimate of drug-likeness (QED) is 0.264. The minimum Gasteiger partial charge on any atom is -0.507 e.